The zero-order valence-electron chi connectivity index (χ0n) is 15.3. The second-order valence-electron chi connectivity index (χ2n) is 6.72. The molecular weight excluding hydrogens is 342 g/mol. The Morgan fingerprint density at radius 2 is 2.15 bits per heavy atom. The first-order valence-electron chi connectivity index (χ1n) is 9.01. The number of anilines is 1. The van der Waals surface area contributed by atoms with Crippen molar-refractivity contribution in [3.63, 3.8) is 0 Å². The van der Waals surface area contributed by atoms with Crippen molar-refractivity contribution in [2.45, 2.75) is 32.7 Å². The normalized spacial score (nSPS) is 16.5. The van der Waals surface area contributed by atoms with Gasteiger partial charge in [0.2, 0.25) is 0 Å². The number of nitrogens with one attached hydrogen (secondary N) is 1. The second kappa shape index (κ2) is 7.19. The number of rotatable bonds is 3. The Kier molecular flexibility index (Phi) is 4.58. The van der Waals surface area contributed by atoms with Gasteiger partial charge >= 0.3 is 6.03 Å². The van der Waals surface area contributed by atoms with Crippen LogP contribution >= 0.6 is 0 Å². The van der Waals surface area contributed by atoms with Crippen LogP contribution in [-0.4, -0.2) is 32.6 Å². The summed E-state index contributed by atoms with van der Waals surface area (Å²) in [5.74, 6) is 1.45. The predicted molar refractivity (Wildman–Crippen MR) is 101 cm³/mol. The van der Waals surface area contributed by atoms with Crippen LogP contribution in [0.2, 0.25) is 0 Å². The van der Waals surface area contributed by atoms with Gasteiger partial charge in [0, 0.05) is 30.1 Å². The van der Waals surface area contributed by atoms with Crippen molar-refractivity contribution in [1.29, 1.82) is 0 Å². The number of aromatic nitrogens is 3. The zero-order chi connectivity index (χ0) is 18.8. The molecule has 0 spiro atoms. The van der Waals surface area contributed by atoms with Crippen molar-refractivity contribution in [3.8, 4) is 11.3 Å². The fraction of sp³-hybridized carbons (Fsp3) is 0.300. The summed E-state index contributed by atoms with van der Waals surface area (Å²) in [6.45, 7) is 4.43. The number of nitrogens with zero attached hydrogens (tertiary/aromatic N) is 4. The molecule has 2 aromatic heterocycles. The Bertz CT molecular complexity index is 968. The van der Waals surface area contributed by atoms with Gasteiger partial charge in [-0.25, -0.2) is 14.8 Å². The van der Waals surface area contributed by atoms with E-state index < -0.39 is 0 Å². The quantitative estimate of drug-likeness (QED) is 0.757. The first kappa shape index (κ1) is 17.2. The molecule has 7 nitrogen and oxygen atoms in total. The molecule has 0 radical (unpaired) electrons. The molecule has 1 aromatic carbocycles. The minimum Gasteiger partial charge on any atom is -0.359 e. The maximum absolute atomic E-state index is 12.8. The van der Waals surface area contributed by atoms with Crippen LogP contribution in [0.4, 0.5) is 10.5 Å². The Balaban J connectivity index is 1.52. The van der Waals surface area contributed by atoms with E-state index >= 15 is 0 Å². The predicted octanol–water partition coefficient (Wildman–Crippen LogP) is 4.12. The molecule has 2 amide bonds. The highest BCUT2D eigenvalue weighted by molar-refractivity contribution is 5.90. The lowest BCUT2D eigenvalue weighted by Crippen LogP contribution is -2.34. The fourth-order valence-electron chi connectivity index (χ4n) is 3.41. The molecule has 1 aliphatic rings. The molecule has 138 valence electrons. The summed E-state index contributed by atoms with van der Waals surface area (Å²) < 4.78 is 5.38. The first-order valence-corrected chi connectivity index (χ1v) is 9.01. The van der Waals surface area contributed by atoms with E-state index in [9.17, 15) is 4.79 Å². The topological polar surface area (TPSA) is 84.2 Å². The van der Waals surface area contributed by atoms with Crippen LogP contribution in [0.1, 0.15) is 36.2 Å². The number of carbonyl (C=O) groups is 1. The molecule has 0 unspecified atom stereocenters. The van der Waals surface area contributed by atoms with Gasteiger partial charge in [-0.1, -0.05) is 17.3 Å². The number of benzene rings is 1. The summed E-state index contributed by atoms with van der Waals surface area (Å²) in [6.07, 6.45) is 3.55. The van der Waals surface area contributed by atoms with Crippen LogP contribution in [0, 0.1) is 13.8 Å². The molecule has 1 fully saturated rings. The van der Waals surface area contributed by atoms with Gasteiger partial charge in [-0.05, 0) is 44.9 Å². The van der Waals surface area contributed by atoms with E-state index in [1.807, 2.05) is 55.1 Å². The van der Waals surface area contributed by atoms with E-state index in [0.29, 0.717) is 12.4 Å². The Labute approximate surface area is 157 Å². The van der Waals surface area contributed by atoms with E-state index in [1.165, 1.54) is 0 Å². The summed E-state index contributed by atoms with van der Waals surface area (Å²) >= 11 is 0. The summed E-state index contributed by atoms with van der Waals surface area (Å²) in [4.78, 5) is 23.2. The van der Waals surface area contributed by atoms with Crippen LogP contribution < -0.4 is 5.32 Å². The van der Waals surface area contributed by atoms with E-state index in [-0.39, 0.29) is 12.1 Å². The highest BCUT2D eigenvalue weighted by Crippen LogP contribution is 2.33. The minimum atomic E-state index is -0.137. The number of hydrogen-bond donors (Lipinski definition) is 1. The molecule has 4 rings (SSSR count). The summed E-state index contributed by atoms with van der Waals surface area (Å²) in [5.41, 5.74) is 3.31. The van der Waals surface area contributed by atoms with Crippen LogP contribution in [0.25, 0.3) is 11.3 Å². The summed E-state index contributed by atoms with van der Waals surface area (Å²) in [7, 11) is 0. The summed E-state index contributed by atoms with van der Waals surface area (Å²) in [5, 5.41) is 6.94. The highest BCUT2D eigenvalue weighted by atomic mass is 16.5. The number of hydrogen-bond acceptors (Lipinski definition) is 5. The maximum Gasteiger partial charge on any atom is 0.322 e. The van der Waals surface area contributed by atoms with Gasteiger partial charge in [0.15, 0.2) is 5.76 Å². The lowest BCUT2D eigenvalue weighted by molar-refractivity contribution is 0.195. The van der Waals surface area contributed by atoms with Crippen LogP contribution in [0.5, 0.6) is 0 Å². The molecule has 1 atom stereocenters. The molecule has 1 saturated heterocycles. The smallest absolute Gasteiger partial charge is 0.322 e. The molecule has 1 N–H and O–H groups in total. The van der Waals surface area contributed by atoms with Gasteiger partial charge in [0.1, 0.15) is 5.82 Å². The molecule has 27 heavy (non-hydrogen) atoms. The molecule has 3 aromatic rings. The molecule has 1 aliphatic heterocycles. The Morgan fingerprint density at radius 1 is 1.26 bits per heavy atom. The zero-order valence-corrected chi connectivity index (χ0v) is 15.3. The number of urea groups is 1. The number of carbonyl (C=O) groups excluding carboxylic acids is 1. The van der Waals surface area contributed by atoms with Crippen molar-refractivity contribution < 1.29 is 9.32 Å². The van der Waals surface area contributed by atoms with E-state index in [1.54, 1.807) is 6.20 Å². The van der Waals surface area contributed by atoms with Crippen molar-refractivity contribution in [2.24, 2.45) is 0 Å². The lowest BCUT2D eigenvalue weighted by Gasteiger charge is -2.23. The molecule has 0 saturated carbocycles. The number of likely N-dealkylation sites (tertiary alicyclic amines) is 1. The summed E-state index contributed by atoms with van der Waals surface area (Å²) in [6, 6.07) is 11.2. The van der Waals surface area contributed by atoms with Gasteiger partial charge in [-0.2, -0.15) is 0 Å². The standard InChI is InChI=1S/C20H21N5O2/c1-13-11-19(27-24-13)18-7-4-10-25(18)20(26)23-16-6-3-5-15(12-16)17-8-9-21-14(2)22-17/h3,5-6,8-9,11-12,18H,4,7,10H2,1-2H3,(H,23,26)/t18-/m1/s1. The van der Waals surface area contributed by atoms with E-state index in [4.69, 9.17) is 4.52 Å². The second-order valence-corrected chi connectivity index (χ2v) is 6.72. The van der Waals surface area contributed by atoms with Gasteiger partial charge < -0.3 is 14.7 Å². The van der Waals surface area contributed by atoms with Crippen LogP contribution in [0.15, 0.2) is 47.1 Å². The third kappa shape index (κ3) is 3.67. The van der Waals surface area contributed by atoms with Gasteiger partial charge in [-0.15, -0.1) is 0 Å². The van der Waals surface area contributed by atoms with Crippen molar-refractivity contribution in [2.75, 3.05) is 11.9 Å². The first-order chi connectivity index (χ1) is 13.1. The van der Waals surface area contributed by atoms with Gasteiger partial charge in [-0.3, -0.25) is 0 Å². The Hall–Kier alpha value is -3.22. The molecule has 7 heteroatoms. The average molecular weight is 363 g/mol. The van der Waals surface area contributed by atoms with Crippen LogP contribution in [0.3, 0.4) is 0 Å². The van der Waals surface area contributed by atoms with Crippen molar-refractivity contribution in [3.05, 3.63) is 59.9 Å². The SMILES string of the molecule is Cc1cc([C@H]2CCCN2C(=O)Nc2cccc(-c3ccnc(C)n3)c2)on1. The van der Waals surface area contributed by atoms with E-state index in [2.05, 4.69) is 20.4 Å². The third-order valence-corrected chi connectivity index (χ3v) is 4.67. The van der Waals surface area contributed by atoms with Gasteiger partial charge in [0.25, 0.3) is 0 Å². The van der Waals surface area contributed by atoms with Crippen molar-refractivity contribution >= 4 is 11.7 Å². The molecule has 0 bridgehead atoms. The molecule has 0 aliphatic carbocycles. The maximum atomic E-state index is 12.8. The van der Waals surface area contributed by atoms with Crippen molar-refractivity contribution in [1.82, 2.24) is 20.0 Å². The van der Waals surface area contributed by atoms with Crippen LogP contribution in [-0.2, 0) is 0 Å². The molecule has 3 heterocycles. The Morgan fingerprint density at radius 3 is 2.93 bits per heavy atom. The largest absolute Gasteiger partial charge is 0.359 e. The third-order valence-electron chi connectivity index (χ3n) is 4.67. The number of amides is 2. The van der Waals surface area contributed by atoms with E-state index in [0.717, 1.165) is 41.2 Å². The number of aryl methyl sites for hydroxylation is 2. The fourth-order valence-corrected chi connectivity index (χ4v) is 3.41. The average Bonchev–Trinajstić information content (AvgIpc) is 3.30. The molecular formula is C20H21N5O2. The lowest BCUT2D eigenvalue weighted by atomic mass is 10.1. The minimum absolute atomic E-state index is 0.0705. The monoisotopic (exact) mass is 363 g/mol. The highest BCUT2D eigenvalue weighted by Gasteiger charge is 2.32. The van der Waals surface area contributed by atoms with Gasteiger partial charge in [0.05, 0.1) is 17.4 Å².